The van der Waals surface area contributed by atoms with Crippen molar-refractivity contribution < 1.29 is 24.2 Å². The zero-order chi connectivity index (χ0) is 25.2. The predicted molar refractivity (Wildman–Crippen MR) is 137 cm³/mol. The number of likely N-dealkylation sites (tertiary alicyclic amines) is 1. The molecule has 1 saturated heterocycles. The van der Waals surface area contributed by atoms with Crippen LogP contribution in [-0.4, -0.2) is 34.4 Å². The summed E-state index contributed by atoms with van der Waals surface area (Å²) < 4.78 is 11.6. The zero-order valence-electron chi connectivity index (χ0n) is 20.4. The molecule has 2 heterocycles. The van der Waals surface area contributed by atoms with E-state index in [0.29, 0.717) is 23.5 Å². The van der Waals surface area contributed by atoms with Crippen LogP contribution in [0.15, 0.2) is 78.4 Å². The quantitative estimate of drug-likeness (QED) is 0.276. The molecule has 0 unspecified atom stereocenters. The SMILES string of the molecule is CCCOc1cccc([C@@H]2/C(=C(\O)c3ccc4c(c3)C[C@H](C)O4)C(=O)C(=O)N2Cc2ccccc2)c1. The van der Waals surface area contributed by atoms with Gasteiger partial charge in [-0.2, -0.15) is 0 Å². The molecule has 0 bridgehead atoms. The van der Waals surface area contributed by atoms with Gasteiger partial charge in [0.05, 0.1) is 18.2 Å². The lowest BCUT2D eigenvalue weighted by atomic mass is 9.94. The fourth-order valence-electron chi connectivity index (χ4n) is 4.89. The molecule has 0 aromatic heterocycles. The average Bonchev–Trinajstić information content (AvgIpc) is 3.39. The van der Waals surface area contributed by atoms with Crippen LogP contribution in [-0.2, 0) is 22.6 Å². The second-order valence-corrected chi connectivity index (χ2v) is 9.29. The topological polar surface area (TPSA) is 76.1 Å². The molecule has 2 aliphatic rings. The first-order valence-corrected chi connectivity index (χ1v) is 12.3. The lowest BCUT2D eigenvalue weighted by Gasteiger charge is -2.26. The van der Waals surface area contributed by atoms with E-state index in [9.17, 15) is 14.7 Å². The Balaban J connectivity index is 1.61. The van der Waals surface area contributed by atoms with Crippen molar-refractivity contribution in [2.45, 2.75) is 45.4 Å². The van der Waals surface area contributed by atoms with Gasteiger partial charge in [0.1, 0.15) is 23.4 Å². The summed E-state index contributed by atoms with van der Waals surface area (Å²) in [6.07, 6.45) is 1.64. The van der Waals surface area contributed by atoms with Crippen LogP contribution in [0.1, 0.15) is 48.6 Å². The Labute approximate surface area is 210 Å². The van der Waals surface area contributed by atoms with Gasteiger partial charge >= 0.3 is 0 Å². The minimum Gasteiger partial charge on any atom is -0.507 e. The van der Waals surface area contributed by atoms with E-state index >= 15 is 0 Å². The summed E-state index contributed by atoms with van der Waals surface area (Å²) in [4.78, 5) is 28.2. The van der Waals surface area contributed by atoms with Gasteiger partial charge in [-0.3, -0.25) is 9.59 Å². The van der Waals surface area contributed by atoms with Crippen LogP contribution in [0.3, 0.4) is 0 Å². The number of aliphatic hydroxyl groups is 1. The number of amides is 1. The van der Waals surface area contributed by atoms with Gasteiger partial charge in [0.25, 0.3) is 11.7 Å². The summed E-state index contributed by atoms with van der Waals surface area (Å²) in [5.41, 5.74) is 3.14. The predicted octanol–water partition coefficient (Wildman–Crippen LogP) is 5.42. The molecule has 5 rings (SSSR count). The van der Waals surface area contributed by atoms with Crippen LogP contribution in [0, 0.1) is 0 Å². The Morgan fingerprint density at radius 2 is 1.86 bits per heavy atom. The van der Waals surface area contributed by atoms with Gasteiger partial charge in [-0.05, 0) is 60.4 Å². The van der Waals surface area contributed by atoms with Crippen molar-refractivity contribution in [3.8, 4) is 11.5 Å². The van der Waals surface area contributed by atoms with Crippen molar-refractivity contribution in [3.05, 3.63) is 101 Å². The van der Waals surface area contributed by atoms with E-state index in [0.717, 1.165) is 29.7 Å². The molecule has 6 heteroatoms. The molecule has 2 atom stereocenters. The number of nitrogens with zero attached hydrogens (tertiary/aromatic N) is 1. The number of benzene rings is 3. The summed E-state index contributed by atoms with van der Waals surface area (Å²) in [5, 5.41) is 11.4. The molecule has 36 heavy (non-hydrogen) atoms. The number of ether oxygens (including phenoxy) is 2. The smallest absolute Gasteiger partial charge is 0.295 e. The van der Waals surface area contributed by atoms with Gasteiger partial charge in [-0.15, -0.1) is 0 Å². The minimum absolute atomic E-state index is 0.0553. The monoisotopic (exact) mass is 483 g/mol. The molecule has 1 fully saturated rings. The van der Waals surface area contributed by atoms with E-state index in [1.807, 2.05) is 80.6 Å². The van der Waals surface area contributed by atoms with E-state index in [1.165, 1.54) is 4.90 Å². The molecular weight excluding hydrogens is 454 g/mol. The highest BCUT2D eigenvalue weighted by atomic mass is 16.5. The number of aliphatic hydroxyl groups excluding tert-OH is 1. The van der Waals surface area contributed by atoms with Gasteiger partial charge in [0.15, 0.2) is 0 Å². The molecule has 3 aromatic rings. The zero-order valence-corrected chi connectivity index (χ0v) is 20.4. The number of carbonyl (C=O) groups excluding carboxylic acids is 2. The van der Waals surface area contributed by atoms with Crippen molar-refractivity contribution in [1.29, 1.82) is 0 Å². The van der Waals surface area contributed by atoms with Crippen molar-refractivity contribution >= 4 is 17.4 Å². The van der Waals surface area contributed by atoms with Crippen molar-refractivity contribution in [2.24, 2.45) is 0 Å². The van der Waals surface area contributed by atoms with Crippen molar-refractivity contribution in [1.82, 2.24) is 4.90 Å². The molecule has 0 aliphatic carbocycles. The number of fused-ring (bicyclic) bond motifs is 1. The molecule has 2 aliphatic heterocycles. The van der Waals surface area contributed by atoms with Crippen LogP contribution in [0.5, 0.6) is 11.5 Å². The molecule has 3 aromatic carbocycles. The highest BCUT2D eigenvalue weighted by molar-refractivity contribution is 6.46. The van der Waals surface area contributed by atoms with Gasteiger partial charge in [0, 0.05) is 18.5 Å². The third kappa shape index (κ3) is 4.47. The van der Waals surface area contributed by atoms with Crippen LogP contribution in [0.4, 0.5) is 0 Å². The largest absolute Gasteiger partial charge is 0.507 e. The number of Topliss-reactive ketones (excluding diaryl/α,β-unsaturated/α-hetero) is 1. The van der Waals surface area contributed by atoms with E-state index < -0.39 is 17.7 Å². The van der Waals surface area contributed by atoms with Crippen LogP contribution >= 0.6 is 0 Å². The van der Waals surface area contributed by atoms with Crippen molar-refractivity contribution in [2.75, 3.05) is 6.61 Å². The highest BCUT2D eigenvalue weighted by Crippen LogP contribution is 2.42. The Bertz CT molecular complexity index is 1330. The van der Waals surface area contributed by atoms with Crippen LogP contribution in [0.25, 0.3) is 5.76 Å². The summed E-state index contributed by atoms with van der Waals surface area (Å²) in [6, 6.07) is 21.6. The summed E-state index contributed by atoms with van der Waals surface area (Å²) >= 11 is 0. The van der Waals surface area contributed by atoms with E-state index in [-0.39, 0.29) is 24.0 Å². The molecule has 1 N–H and O–H groups in total. The minimum atomic E-state index is -0.751. The van der Waals surface area contributed by atoms with E-state index in [2.05, 4.69) is 0 Å². The first kappa shape index (κ1) is 23.7. The molecule has 0 radical (unpaired) electrons. The molecule has 6 nitrogen and oxygen atoms in total. The number of carbonyl (C=O) groups is 2. The second-order valence-electron chi connectivity index (χ2n) is 9.29. The molecule has 1 amide bonds. The Morgan fingerprint density at radius 1 is 1.06 bits per heavy atom. The Morgan fingerprint density at radius 3 is 2.64 bits per heavy atom. The Kier molecular flexibility index (Phi) is 6.51. The maximum Gasteiger partial charge on any atom is 0.295 e. The lowest BCUT2D eigenvalue weighted by molar-refractivity contribution is -0.140. The van der Waals surface area contributed by atoms with Crippen molar-refractivity contribution in [3.63, 3.8) is 0 Å². The van der Waals surface area contributed by atoms with Gasteiger partial charge < -0.3 is 19.5 Å². The normalized spacial score (nSPS) is 20.3. The van der Waals surface area contributed by atoms with Crippen LogP contribution < -0.4 is 9.47 Å². The number of hydrogen-bond acceptors (Lipinski definition) is 5. The van der Waals surface area contributed by atoms with E-state index in [1.54, 1.807) is 6.07 Å². The second kappa shape index (κ2) is 9.90. The number of hydrogen-bond donors (Lipinski definition) is 1. The maximum absolute atomic E-state index is 13.4. The molecule has 0 saturated carbocycles. The number of ketones is 1. The summed E-state index contributed by atoms with van der Waals surface area (Å²) in [6.45, 7) is 4.81. The average molecular weight is 484 g/mol. The standard InChI is InChI=1S/C30H29NO5/c1-3-14-35-24-11-7-10-21(17-24)27-26(28(32)22-12-13-25-23(16-22)15-19(2)36-25)29(33)30(34)31(27)18-20-8-5-4-6-9-20/h4-13,16-17,19,27,32H,3,14-15,18H2,1-2H3/b28-26+/t19-,27+/m0/s1. The first-order chi connectivity index (χ1) is 17.5. The summed E-state index contributed by atoms with van der Waals surface area (Å²) in [5.74, 6) is -0.0813. The third-order valence-electron chi connectivity index (χ3n) is 6.55. The highest BCUT2D eigenvalue weighted by Gasteiger charge is 2.46. The maximum atomic E-state index is 13.4. The Hall–Kier alpha value is -4.06. The molecule has 184 valence electrons. The number of rotatable bonds is 7. The van der Waals surface area contributed by atoms with E-state index in [4.69, 9.17) is 9.47 Å². The van der Waals surface area contributed by atoms with Gasteiger partial charge in [0.2, 0.25) is 0 Å². The molecule has 0 spiro atoms. The molecular formula is C30H29NO5. The lowest BCUT2D eigenvalue weighted by Crippen LogP contribution is -2.29. The first-order valence-electron chi connectivity index (χ1n) is 12.3. The summed E-state index contributed by atoms with van der Waals surface area (Å²) in [7, 11) is 0. The fourth-order valence-corrected chi connectivity index (χ4v) is 4.89. The van der Waals surface area contributed by atoms with Gasteiger partial charge in [-0.1, -0.05) is 49.4 Å². The third-order valence-corrected chi connectivity index (χ3v) is 6.55. The van der Waals surface area contributed by atoms with Crippen LogP contribution in [0.2, 0.25) is 0 Å². The van der Waals surface area contributed by atoms with Gasteiger partial charge in [-0.25, -0.2) is 0 Å². The fraction of sp³-hybridized carbons (Fsp3) is 0.267.